The van der Waals surface area contributed by atoms with Crippen molar-refractivity contribution in [1.29, 1.82) is 0 Å². The van der Waals surface area contributed by atoms with Crippen molar-refractivity contribution in [2.24, 2.45) is 5.92 Å². The lowest BCUT2D eigenvalue weighted by molar-refractivity contribution is -0.136. The van der Waals surface area contributed by atoms with Crippen molar-refractivity contribution in [3.05, 3.63) is 49.1 Å². The number of hydrogen-bond acceptors (Lipinski definition) is 8. The molecule has 0 saturated carbocycles. The van der Waals surface area contributed by atoms with Crippen LogP contribution in [-0.4, -0.2) is 82.1 Å². The standard InChI is InChI=1S/C23H28N8O2/c1-33-20-4-2-3-19(15-20)28-11-13-30(14-12-28)23(32)18-7-9-29(10-8-18)21-5-6-22(27-26-21)31-17-24-16-25-31/h2-6,15-18H,7-14H2,1H3. The third-order valence-electron chi connectivity index (χ3n) is 6.47. The number of ether oxygens (including phenoxy) is 1. The predicted octanol–water partition coefficient (Wildman–Crippen LogP) is 1.63. The van der Waals surface area contributed by atoms with Gasteiger partial charge in [0, 0.05) is 56.9 Å². The van der Waals surface area contributed by atoms with E-state index < -0.39 is 0 Å². The largest absolute Gasteiger partial charge is 0.497 e. The van der Waals surface area contributed by atoms with Crippen molar-refractivity contribution in [3.8, 4) is 11.6 Å². The van der Waals surface area contributed by atoms with Gasteiger partial charge in [0.2, 0.25) is 5.91 Å². The second-order valence-electron chi connectivity index (χ2n) is 8.36. The molecule has 172 valence electrons. The van der Waals surface area contributed by atoms with Gasteiger partial charge in [-0.25, -0.2) is 9.67 Å². The van der Waals surface area contributed by atoms with Gasteiger partial charge >= 0.3 is 0 Å². The maximum atomic E-state index is 13.1. The van der Waals surface area contributed by atoms with Gasteiger partial charge in [-0.2, -0.15) is 5.10 Å². The summed E-state index contributed by atoms with van der Waals surface area (Å²) in [6.45, 7) is 4.79. The van der Waals surface area contributed by atoms with E-state index in [0.717, 1.165) is 69.4 Å². The van der Waals surface area contributed by atoms with E-state index in [-0.39, 0.29) is 11.8 Å². The molecule has 33 heavy (non-hydrogen) atoms. The van der Waals surface area contributed by atoms with E-state index in [0.29, 0.717) is 5.82 Å². The molecule has 0 bridgehead atoms. The van der Waals surface area contributed by atoms with E-state index in [1.807, 2.05) is 29.2 Å². The van der Waals surface area contributed by atoms with Crippen LogP contribution in [0.5, 0.6) is 5.75 Å². The minimum absolute atomic E-state index is 0.0759. The van der Waals surface area contributed by atoms with Crippen LogP contribution in [-0.2, 0) is 4.79 Å². The van der Waals surface area contributed by atoms with Gasteiger partial charge in [-0.1, -0.05) is 6.07 Å². The average molecular weight is 449 g/mol. The number of rotatable bonds is 5. The Labute approximate surface area is 192 Å². The number of benzene rings is 1. The van der Waals surface area contributed by atoms with E-state index in [9.17, 15) is 4.79 Å². The Kier molecular flexibility index (Phi) is 6.05. The monoisotopic (exact) mass is 448 g/mol. The van der Waals surface area contributed by atoms with E-state index >= 15 is 0 Å². The zero-order chi connectivity index (χ0) is 22.6. The molecule has 4 heterocycles. The maximum absolute atomic E-state index is 13.1. The Hall–Kier alpha value is -3.69. The van der Waals surface area contributed by atoms with Crippen LogP contribution in [0.3, 0.4) is 0 Å². The third kappa shape index (κ3) is 4.59. The molecular formula is C23H28N8O2. The predicted molar refractivity (Wildman–Crippen MR) is 124 cm³/mol. The number of aromatic nitrogens is 5. The van der Waals surface area contributed by atoms with Gasteiger partial charge < -0.3 is 19.4 Å². The highest BCUT2D eigenvalue weighted by Gasteiger charge is 2.31. The highest BCUT2D eigenvalue weighted by Crippen LogP contribution is 2.26. The summed E-state index contributed by atoms with van der Waals surface area (Å²) in [6.07, 6.45) is 4.73. The molecule has 2 fully saturated rings. The Morgan fingerprint density at radius 3 is 2.36 bits per heavy atom. The molecule has 1 amide bonds. The molecule has 0 atom stereocenters. The van der Waals surface area contributed by atoms with Crippen LogP contribution in [0.2, 0.25) is 0 Å². The summed E-state index contributed by atoms with van der Waals surface area (Å²) in [6, 6.07) is 11.9. The minimum atomic E-state index is 0.0759. The molecule has 0 spiro atoms. The molecule has 3 aromatic rings. The zero-order valence-corrected chi connectivity index (χ0v) is 18.7. The quantitative estimate of drug-likeness (QED) is 0.582. The lowest BCUT2D eigenvalue weighted by Gasteiger charge is -2.39. The lowest BCUT2D eigenvalue weighted by Crippen LogP contribution is -2.51. The smallest absolute Gasteiger partial charge is 0.225 e. The molecule has 0 aliphatic carbocycles. The number of carbonyl (C=O) groups excluding carboxylic acids is 1. The van der Waals surface area contributed by atoms with Crippen molar-refractivity contribution >= 4 is 17.4 Å². The summed E-state index contributed by atoms with van der Waals surface area (Å²) in [5.41, 5.74) is 1.14. The Morgan fingerprint density at radius 2 is 1.70 bits per heavy atom. The molecule has 1 aromatic carbocycles. The Balaban J connectivity index is 1.12. The summed E-state index contributed by atoms with van der Waals surface area (Å²) in [4.78, 5) is 23.6. The first-order valence-corrected chi connectivity index (χ1v) is 11.3. The highest BCUT2D eigenvalue weighted by molar-refractivity contribution is 5.79. The molecular weight excluding hydrogens is 420 g/mol. The van der Waals surface area contributed by atoms with Gasteiger partial charge in [-0.15, -0.1) is 10.2 Å². The van der Waals surface area contributed by atoms with Crippen LogP contribution in [0.4, 0.5) is 11.5 Å². The second kappa shape index (κ2) is 9.43. The van der Waals surface area contributed by atoms with Gasteiger partial charge in [0.25, 0.3) is 0 Å². The lowest BCUT2D eigenvalue weighted by atomic mass is 9.95. The summed E-state index contributed by atoms with van der Waals surface area (Å²) < 4.78 is 6.92. The molecule has 0 radical (unpaired) electrons. The minimum Gasteiger partial charge on any atom is -0.497 e. The topological polar surface area (TPSA) is 92.5 Å². The van der Waals surface area contributed by atoms with Crippen molar-refractivity contribution in [2.45, 2.75) is 12.8 Å². The van der Waals surface area contributed by atoms with Crippen LogP contribution in [0.1, 0.15) is 12.8 Å². The molecule has 0 N–H and O–H groups in total. The van der Waals surface area contributed by atoms with Crippen LogP contribution in [0.15, 0.2) is 49.1 Å². The molecule has 2 saturated heterocycles. The number of anilines is 2. The van der Waals surface area contributed by atoms with Crippen molar-refractivity contribution < 1.29 is 9.53 Å². The second-order valence-corrected chi connectivity index (χ2v) is 8.36. The van der Waals surface area contributed by atoms with Crippen LogP contribution in [0, 0.1) is 5.92 Å². The molecule has 0 unspecified atom stereocenters. The number of methoxy groups -OCH3 is 1. The number of nitrogens with zero attached hydrogens (tertiary/aromatic N) is 8. The van der Waals surface area contributed by atoms with Crippen LogP contribution < -0.4 is 14.5 Å². The number of piperazine rings is 1. The maximum Gasteiger partial charge on any atom is 0.225 e. The fraction of sp³-hybridized carbons (Fsp3) is 0.435. The van der Waals surface area contributed by atoms with Crippen molar-refractivity contribution in [3.63, 3.8) is 0 Å². The number of amides is 1. The van der Waals surface area contributed by atoms with Gasteiger partial charge in [-0.05, 0) is 37.1 Å². The molecule has 10 heteroatoms. The molecule has 5 rings (SSSR count). The van der Waals surface area contributed by atoms with Crippen LogP contribution in [0.25, 0.3) is 5.82 Å². The molecule has 2 aliphatic heterocycles. The van der Waals surface area contributed by atoms with Gasteiger partial charge in [0.05, 0.1) is 7.11 Å². The van der Waals surface area contributed by atoms with Crippen molar-refractivity contribution in [2.75, 3.05) is 56.2 Å². The zero-order valence-electron chi connectivity index (χ0n) is 18.7. The molecule has 2 aliphatic rings. The fourth-order valence-corrected chi connectivity index (χ4v) is 4.54. The number of piperidine rings is 1. The fourth-order valence-electron chi connectivity index (χ4n) is 4.54. The summed E-state index contributed by atoms with van der Waals surface area (Å²) >= 11 is 0. The summed E-state index contributed by atoms with van der Waals surface area (Å²) in [5.74, 6) is 2.68. The molecule has 10 nitrogen and oxygen atoms in total. The van der Waals surface area contributed by atoms with E-state index in [1.54, 1.807) is 18.1 Å². The van der Waals surface area contributed by atoms with E-state index in [1.165, 1.54) is 6.33 Å². The number of hydrogen-bond donors (Lipinski definition) is 0. The van der Waals surface area contributed by atoms with Crippen molar-refractivity contribution in [1.82, 2.24) is 29.9 Å². The summed E-state index contributed by atoms with van der Waals surface area (Å²) in [5, 5.41) is 12.7. The van der Waals surface area contributed by atoms with E-state index in [2.05, 4.69) is 42.2 Å². The first kappa shape index (κ1) is 21.2. The average Bonchev–Trinajstić information content (AvgIpc) is 3.44. The highest BCUT2D eigenvalue weighted by atomic mass is 16.5. The van der Waals surface area contributed by atoms with Gasteiger partial charge in [0.15, 0.2) is 11.6 Å². The third-order valence-corrected chi connectivity index (χ3v) is 6.47. The van der Waals surface area contributed by atoms with Crippen LogP contribution >= 0.6 is 0 Å². The molecule has 2 aromatic heterocycles. The Bertz CT molecular complexity index is 1060. The van der Waals surface area contributed by atoms with Gasteiger partial charge in [-0.3, -0.25) is 4.79 Å². The van der Waals surface area contributed by atoms with Gasteiger partial charge in [0.1, 0.15) is 18.4 Å². The first-order valence-electron chi connectivity index (χ1n) is 11.3. The normalized spacial score (nSPS) is 17.3. The van der Waals surface area contributed by atoms with E-state index in [4.69, 9.17) is 4.74 Å². The number of carbonyl (C=O) groups is 1. The Morgan fingerprint density at radius 1 is 0.939 bits per heavy atom. The first-order chi connectivity index (χ1) is 16.2. The SMILES string of the molecule is COc1cccc(N2CCN(C(=O)C3CCN(c4ccc(-n5cncn5)nn4)CC3)CC2)c1. The summed E-state index contributed by atoms with van der Waals surface area (Å²) in [7, 11) is 1.68.